The summed E-state index contributed by atoms with van der Waals surface area (Å²) in [5.74, 6) is 0.825. The van der Waals surface area contributed by atoms with E-state index in [2.05, 4.69) is 6.92 Å². The first-order valence-electron chi connectivity index (χ1n) is 7.30. The number of piperidine rings is 1. The third-order valence-electron chi connectivity index (χ3n) is 3.78. The van der Waals surface area contributed by atoms with Gasteiger partial charge < -0.3 is 9.64 Å². The molecule has 1 aliphatic rings. The third kappa shape index (κ3) is 3.09. The zero-order valence-electron chi connectivity index (χ0n) is 11.9. The fourth-order valence-corrected chi connectivity index (χ4v) is 2.77. The van der Waals surface area contributed by atoms with E-state index in [1.807, 2.05) is 36.1 Å². The van der Waals surface area contributed by atoms with Gasteiger partial charge in [0, 0.05) is 12.6 Å². The van der Waals surface area contributed by atoms with E-state index in [4.69, 9.17) is 4.74 Å². The second-order valence-electron chi connectivity index (χ2n) is 4.99. The third-order valence-corrected chi connectivity index (χ3v) is 3.78. The molecule has 2 rings (SSSR count). The van der Waals surface area contributed by atoms with Crippen LogP contribution in [0.2, 0.25) is 0 Å². The largest absolute Gasteiger partial charge is 0.493 e. The molecule has 1 saturated heterocycles. The van der Waals surface area contributed by atoms with Crippen LogP contribution >= 0.6 is 0 Å². The summed E-state index contributed by atoms with van der Waals surface area (Å²) < 4.78 is 5.57. The van der Waals surface area contributed by atoms with Crippen molar-refractivity contribution >= 4 is 5.91 Å². The number of benzene rings is 1. The highest BCUT2D eigenvalue weighted by molar-refractivity contribution is 5.97. The Bertz CT molecular complexity index is 431. The van der Waals surface area contributed by atoms with Gasteiger partial charge in [0.15, 0.2) is 0 Å². The zero-order valence-corrected chi connectivity index (χ0v) is 11.9. The predicted molar refractivity (Wildman–Crippen MR) is 76.6 cm³/mol. The number of carbonyl (C=O) groups is 1. The van der Waals surface area contributed by atoms with Crippen molar-refractivity contribution in [3.8, 4) is 5.75 Å². The number of rotatable bonds is 4. The number of nitrogens with zero attached hydrogens (tertiary/aromatic N) is 1. The van der Waals surface area contributed by atoms with Gasteiger partial charge in [-0.25, -0.2) is 0 Å². The van der Waals surface area contributed by atoms with Gasteiger partial charge in [0.2, 0.25) is 0 Å². The summed E-state index contributed by atoms with van der Waals surface area (Å²) in [6.07, 6.45) is 4.50. The van der Waals surface area contributed by atoms with Crippen LogP contribution in [-0.4, -0.2) is 30.0 Å². The van der Waals surface area contributed by atoms with Crippen molar-refractivity contribution in [2.24, 2.45) is 0 Å². The normalized spacial score (nSPS) is 19.3. The fourth-order valence-electron chi connectivity index (χ4n) is 2.77. The molecule has 104 valence electrons. The number of likely N-dealkylation sites (tertiary alicyclic amines) is 1. The molecule has 3 nitrogen and oxygen atoms in total. The second-order valence-corrected chi connectivity index (χ2v) is 4.99. The second kappa shape index (κ2) is 6.60. The van der Waals surface area contributed by atoms with Crippen molar-refractivity contribution in [1.82, 2.24) is 4.90 Å². The predicted octanol–water partition coefficient (Wildman–Crippen LogP) is 3.49. The van der Waals surface area contributed by atoms with Crippen LogP contribution in [0.15, 0.2) is 24.3 Å². The highest BCUT2D eigenvalue weighted by Gasteiger charge is 2.27. The van der Waals surface area contributed by atoms with E-state index in [9.17, 15) is 4.79 Å². The van der Waals surface area contributed by atoms with E-state index >= 15 is 0 Å². The van der Waals surface area contributed by atoms with Crippen LogP contribution in [0, 0.1) is 0 Å². The van der Waals surface area contributed by atoms with Gasteiger partial charge in [-0.2, -0.15) is 0 Å². The number of carbonyl (C=O) groups excluding carboxylic acids is 1. The summed E-state index contributed by atoms with van der Waals surface area (Å²) in [6, 6.07) is 7.95. The lowest BCUT2D eigenvalue weighted by Crippen LogP contribution is -2.43. The molecule has 1 aromatic rings. The standard InChI is InChI=1S/C16H23NO2/c1-3-13-9-7-8-12-17(13)16(18)14-10-5-6-11-15(14)19-4-2/h5-6,10-11,13H,3-4,7-9,12H2,1-2H3. The molecule has 1 fully saturated rings. The number of para-hydroxylation sites is 1. The molecule has 0 saturated carbocycles. The van der Waals surface area contributed by atoms with Crippen LogP contribution in [0.1, 0.15) is 49.9 Å². The Kier molecular flexibility index (Phi) is 4.83. The maximum atomic E-state index is 12.7. The summed E-state index contributed by atoms with van der Waals surface area (Å²) in [6.45, 7) is 5.56. The Morgan fingerprint density at radius 3 is 2.84 bits per heavy atom. The minimum absolute atomic E-state index is 0.121. The summed E-state index contributed by atoms with van der Waals surface area (Å²) >= 11 is 0. The van der Waals surface area contributed by atoms with Gasteiger partial charge in [-0.3, -0.25) is 4.79 Å². The van der Waals surface area contributed by atoms with Crippen LogP contribution in [0.5, 0.6) is 5.75 Å². The van der Waals surface area contributed by atoms with Gasteiger partial charge in [0.1, 0.15) is 5.75 Å². The molecule has 1 unspecified atom stereocenters. The summed E-state index contributed by atoms with van der Waals surface area (Å²) in [5, 5.41) is 0. The molecule has 3 heteroatoms. The van der Waals surface area contributed by atoms with Crippen molar-refractivity contribution < 1.29 is 9.53 Å². The summed E-state index contributed by atoms with van der Waals surface area (Å²) in [4.78, 5) is 14.7. The van der Waals surface area contributed by atoms with Gasteiger partial charge in [0.05, 0.1) is 12.2 Å². The average Bonchev–Trinajstić information content (AvgIpc) is 2.47. The van der Waals surface area contributed by atoms with Crippen LogP contribution in [0.25, 0.3) is 0 Å². The molecule has 1 heterocycles. The quantitative estimate of drug-likeness (QED) is 0.830. The van der Waals surface area contributed by atoms with Crippen LogP contribution in [0.4, 0.5) is 0 Å². The molecule has 0 radical (unpaired) electrons. The van der Waals surface area contributed by atoms with E-state index in [1.165, 1.54) is 6.42 Å². The van der Waals surface area contributed by atoms with Crippen LogP contribution in [0.3, 0.4) is 0 Å². The molecule has 0 bridgehead atoms. The lowest BCUT2D eigenvalue weighted by atomic mass is 9.98. The Morgan fingerprint density at radius 1 is 1.32 bits per heavy atom. The maximum absolute atomic E-state index is 12.7. The summed E-state index contributed by atoms with van der Waals surface area (Å²) in [7, 11) is 0. The molecule has 19 heavy (non-hydrogen) atoms. The number of hydrogen-bond donors (Lipinski definition) is 0. The van der Waals surface area contributed by atoms with Gasteiger partial charge in [-0.1, -0.05) is 19.1 Å². The SMILES string of the molecule is CCOc1ccccc1C(=O)N1CCCCC1CC. The molecule has 1 atom stereocenters. The van der Waals surface area contributed by atoms with E-state index < -0.39 is 0 Å². The molecule has 0 N–H and O–H groups in total. The lowest BCUT2D eigenvalue weighted by Gasteiger charge is -2.35. The van der Waals surface area contributed by atoms with Gasteiger partial charge in [-0.05, 0) is 44.7 Å². The highest BCUT2D eigenvalue weighted by atomic mass is 16.5. The first-order chi connectivity index (χ1) is 9.27. The number of hydrogen-bond acceptors (Lipinski definition) is 2. The smallest absolute Gasteiger partial charge is 0.257 e. The van der Waals surface area contributed by atoms with Crippen LogP contribution < -0.4 is 4.74 Å². The monoisotopic (exact) mass is 261 g/mol. The molecular weight excluding hydrogens is 238 g/mol. The summed E-state index contributed by atoms with van der Waals surface area (Å²) in [5.41, 5.74) is 0.699. The van der Waals surface area contributed by atoms with E-state index in [1.54, 1.807) is 0 Å². The van der Waals surface area contributed by atoms with Crippen molar-refractivity contribution in [3.05, 3.63) is 29.8 Å². The van der Waals surface area contributed by atoms with Gasteiger partial charge >= 0.3 is 0 Å². The van der Waals surface area contributed by atoms with Gasteiger partial charge in [-0.15, -0.1) is 0 Å². The lowest BCUT2D eigenvalue weighted by molar-refractivity contribution is 0.0604. The minimum Gasteiger partial charge on any atom is -0.493 e. The number of ether oxygens (including phenoxy) is 1. The first kappa shape index (κ1) is 13.9. The molecule has 1 aromatic carbocycles. The van der Waals surface area contributed by atoms with Crippen molar-refractivity contribution in [2.75, 3.05) is 13.2 Å². The molecular formula is C16H23NO2. The van der Waals surface area contributed by atoms with Gasteiger partial charge in [0.25, 0.3) is 5.91 Å². The number of amides is 1. The zero-order chi connectivity index (χ0) is 13.7. The van der Waals surface area contributed by atoms with E-state index in [-0.39, 0.29) is 5.91 Å². The van der Waals surface area contributed by atoms with E-state index in [0.29, 0.717) is 24.0 Å². The fraction of sp³-hybridized carbons (Fsp3) is 0.562. The van der Waals surface area contributed by atoms with Crippen molar-refractivity contribution in [2.45, 2.75) is 45.6 Å². The average molecular weight is 261 g/mol. The minimum atomic E-state index is 0.121. The molecule has 0 spiro atoms. The van der Waals surface area contributed by atoms with Crippen LogP contribution in [-0.2, 0) is 0 Å². The van der Waals surface area contributed by atoms with Crippen molar-refractivity contribution in [1.29, 1.82) is 0 Å². The Balaban J connectivity index is 2.22. The molecule has 1 amide bonds. The maximum Gasteiger partial charge on any atom is 0.257 e. The van der Waals surface area contributed by atoms with Crippen molar-refractivity contribution in [3.63, 3.8) is 0 Å². The molecule has 1 aliphatic heterocycles. The Labute approximate surface area is 115 Å². The van der Waals surface area contributed by atoms with E-state index in [0.717, 1.165) is 25.8 Å². The molecule has 0 aliphatic carbocycles. The first-order valence-corrected chi connectivity index (χ1v) is 7.30. The topological polar surface area (TPSA) is 29.5 Å². The molecule has 0 aromatic heterocycles. The highest BCUT2D eigenvalue weighted by Crippen LogP contribution is 2.25. The Morgan fingerprint density at radius 2 is 2.11 bits per heavy atom. The Hall–Kier alpha value is -1.51.